The highest BCUT2D eigenvalue weighted by Gasteiger charge is 2.20. The lowest BCUT2D eigenvalue weighted by atomic mass is 9.96. The maximum absolute atomic E-state index is 14.3. The van der Waals surface area contributed by atoms with Gasteiger partial charge in [-0.2, -0.15) is 0 Å². The normalized spacial score (nSPS) is 12.4. The largest absolute Gasteiger partial charge is 0.306 e. The van der Waals surface area contributed by atoms with Crippen LogP contribution < -0.4 is 5.32 Å². The molecule has 0 aliphatic rings. The molecule has 0 bridgehead atoms. The van der Waals surface area contributed by atoms with Gasteiger partial charge in [0.05, 0.1) is 6.04 Å². The van der Waals surface area contributed by atoms with Crippen LogP contribution in [0.1, 0.15) is 36.1 Å². The smallest absolute Gasteiger partial charge is 0.128 e. The van der Waals surface area contributed by atoms with Crippen LogP contribution in [0.3, 0.4) is 0 Å². The highest BCUT2D eigenvalue weighted by molar-refractivity contribution is 9.10. The van der Waals surface area contributed by atoms with Gasteiger partial charge >= 0.3 is 0 Å². The summed E-state index contributed by atoms with van der Waals surface area (Å²) >= 11 is 9.79. The van der Waals surface area contributed by atoms with Crippen LogP contribution in [0.5, 0.6) is 0 Å². The van der Waals surface area contributed by atoms with Gasteiger partial charge in [-0.05, 0) is 49.7 Å². The molecular formula is C17H18BrClFN. The Bertz CT molecular complexity index is 579. The predicted molar refractivity (Wildman–Crippen MR) is 90.4 cm³/mol. The number of hydrogen-bond donors (Lipinski definition) is 1. The molecule has 1 N–H and O–H groups in total. The number of nitrogens with one attached hydrogen (secondary N) is 1. The minimum Gasteiger partial charge on any atom is -0.306 e. The quantitative estimate of drug-likeness (QED) is 0.718. The van der Waals surface area contributed by atoms with E-state index in [1.807, 2.05) is 31.2 Å². The Morgan fingerprint density at radius 1 is 1.19 bits per heavy atom. The molecule has 0 aromatic heterocycles. The van der Waals surface area contributed by atoms with E-state index >= 15 is 0 Å². The Hall–Kier alpha value is -0.900. The topological polar surface area (TPSA) is 12.0 Å². The van der Waals surface area contributed by atoms with Crippen molar-refractivity contribution in [1.29, 1.82) is 0 Å². The minimum absolute atomic E-state index is 0.217. The lowest BCUT2D eigenvalue weighted by molar-refractivity contribution is 0.546. The second-order valence-corrected chi connectivity index (χ2v) is 6.40. The number of halogens is 3. The Labute approximate surface area is 138 Å². The van der Waals surface area contributed by atoms with E-state index in [1.165, 1.54) is 6.07 Å². The monoisotopic (exact) mass is 369 g/mol. The second-order valence-electron chi connectivity index (χ2n) is 5.08. The van der Waals surface area contributed by atoms with Crippen molar-refractivity contribution in [2.45, 2.75) is 26.3 Å². The molecule has 0 aliphatic carbocycles. The zero-order valence-corrected chi connectivity index (χ0v) is 14.4. The molecule has 0 heterocycles. The Morgan fingerprint density at radius 2 is 1.95 bits per heavy atom. The standard InChI is InChI=1S/C17H18BrClFN/c1-3-8-21-17(13-10-12(18)5-6-15(13)19)14-9-11(2)4-7-16(14)20/h4-7,9-10,17,21H,3,8H2,1-2H3. The van der Waals surface area contributed by atoms with Gasteiger partial charge in [0.25, 0.3) is 0 Å². The first-order valence-electron chi connectivity index (χ1n) is 6.97. The molecule has 2 aromatic carbocycles. The summed E-state index contributed by atoms with van der Waals surface area (Å²) in [5, 5.41) is 4.02. The fourth-order valence-electron chi connectivity index (χ4n) is 2.30. The summed E-state index contributed by atoms with van der Waals surface area (Å²) in [7, 11) is 0. The van der Waals surface area contributed by atoms with Crippen LogP contribution in [0.4, 0.5) is 4.39 Å². The molecule has 0 fully saturated rings. The molecule has 0 radical (unpaired) electrons. The molecule has 2 aromatic rings. The van der Waals surface area contributed by atoms with Crippen molar-refractivity contribution in [3.05, 3.63) is 68.4 Å². The second kappa shape index (κ2) is 7.39. The van der Waals surface area contributed by atoms with Crippen molar-refractivity contribution in [3.63, 3.8) is 0 Å². The van der Waals surface area contributed by atoms with Crippen LogP contribution in [0.25, 0.3) is 0 Å². The molecule has 0 saturated heterocycles. The van der Waals surface area contributed by atoms with E-state index in [9.17, 15) is 4.39 Å². The number of benzene rings is 2. The van der Waals surface area contributed by atoms with Gasteiger partial charge in [-0.1, -0.05) is 52.2 Å². The summed E-state index contributed by atoms with van der Waals surface area (Å²) in [5.74, 6) is -0.217. The van der Waals surface area contributed by atoms with Gasteiger partial charge in [-0.15, -0.1) is 0 Å². The molecule has 0 aliphatic heterocycles. The van der Waals surface area contributed by atoms with E-state index in [0.29, 0.717) is 10.6 Å². The highest BCUT2D eigenvalue weighted by Crippen LogP contribution is 2.32. The van der Waals surface area contributed by atoms with Crippen molar-refractivity contribution >= 4 is 27.5 Å². The average Bonchev–Trinajstić information content (AvgIpc) is 2.46. The van der Waals surface area contributed by atoms with E-state index in [-0.39, 0.29) is 11.9 Å². The third-order valence-electron chi connectivity index (χ3n) is 3.33. The summed E-state index contributed by atoms with van der Waals surface area (Å²) in [5.41, 5.74) is 2.54. The lowest BCUT2D eigenvalue weighted by Gasteiger charge is -2.22. The Morgan fingerprint density at radius 3 is 2.67 bits per heavy atom. The molecule has 2 rings (SSSR count). The van der Waals surface area contributed by atoms with Crippen molar-refractivity contribution < 1.29 is 4.39 Å². The van der Waals surface area contributed by atoms with Crippen LogP contribution in [-0.4, -0.2) is 6.54 Å². The molecule has 1 nitrogen and oxygen atoms in total. The molecule has 1 atom stereocenters. The molecule has 0 spiro atoms. The summed E-state index contributed by atoms with van der Waals surface area (Å²) in [6, 6.07) is 10.6. The van der Waals surface area contributed by atoms with Crippen LogP contribution in [0.15, 0.2) is 40.9 Å². The molecule has 112 valence electrons. The summed E-state index contributed by atoms with van der Waals surface area (Å²) in [6.07, 6.45) is 0.968. The van der Waals surface area contributed by atoms with Crippen molar-refractivity contribution in [1.82, 2.24) is 5.32 Å². The maximum atomic E-state index is 14.3. The number of rotatable bonds is 5. The Kier molecular flexibility index (Phi) is 5.80. The third-order valence-corrected chi connectivity index (χ3v) is 4.17. The first kappa shape index (κ1) is 16.5. The van der Waals surface area contributed by atoms with Crippen LogP contribution >= 0.6 is 27.5 Å². The SMILES string of the molecule is CCCNC(c1cc(C)ccc1F)c1cc(Br)ccc1Cl. The zero-order chi connectivity index (χ0) is 15.4. The van der Waals surface area contributed by atoms with Gasteiger partial charge in [0.1, 0.15) is 5.82 Å². The fraction of sp³-hybridized carbons (Fsp3) is 0.294. The van der Waals surface area contributed by atoms with Crippen LogP contribution in [-0.2, 0) is 0 Å². The number of aryl methyl sites for hydroxylation is 1. The molecular weight excluding hydrogens is 353 g/mol. The summed E-state index contributed by atoms with van der Waals surface area (Å²) < 4.78 is 15.2. The highest BCUT2D eigenvalue weighted by atomic mass is 79.9. The van der Waals surface area contributed by atoms with Gasteiger partial charge in [0.2, 0.25) is 0 Å². The van der Waals surface area contributed by atoms with Crippen molar-refractivity contribution in [2.75, 3.05) is 6.54 Å². The third kappa shape index (κ3) is 4.06. The first-order chi connectivity index (χ1) is 10.0. The fourth-order valence-corrected chi connectivity index (χ4v) is 2.90. The van der Waals surface area contributed by atoms with E-state index < -0.39 is 0 Å². The van der Waals surface area contributed by atoms with Crippen molar-refractivity contribution in [2.24, 2.45) is 0 Å². The number of hydrogen-bond acceptors (Lipinski definition) is 1. The first-order valence-corrected chi connectivity index (χ1v) is 8.14. The molecule has 1 unspecified atom stereocenters. The van der Waals surface area contributed by atoms with Crippen LogP contribution in [0.2, 0.25) is 5.02 Å². The minimum atomic E-state index is -0.255. The summed E-state index contributed by atoms with van der Waals surface area (Å²) in [6.45, 7) is 4.84. The zero-order valence-electron chi connectivity index (χ0n) is 12.1. The lowest BCUT2D eigenvalue weighted by Crippen LogP contribution is -2.24. The summed E-state index contributed by atoms with van der Waals surface area (Å²) in [4.78, 5) is 0. The average molecular weight is 371 g/mol. The van der Waals surface area contributed by atoms with Gasteiger partial charge in [0.15, 0.2) is 0 Å². The van der Waals surface area contributed by atoms with Gasteiger partial charge in [-0.25, -0.2) is 4.39 Å². The molecule has 4 heteroatoms. The van der Waals surface area contributed by atoms with Crippen LogP contribution in [0, 0.1) is 12.7 Å². The Balaban J connectivity index is 2.52. The van der Waals surface area contributed by atoms with Gasteiger partial charge < -0.3 is 5.32 Å². The molecule has 0 saturated carbocycles. The predicted octanol–water partition coefficient (Wildman–Crippen LogP) is 5.64. The van der Waals surface area contributed by atoms with Gasteiger partial charge in [0, 0.05) is 15.1 Å². The van der Waals surface area contributed by atoms with Gasteiger partial charge in [-0.3, -0.25) is 0 Å². The van der Waals surface area contributed by atoms with E-state index in [1.54, 1.807) is 6.07 Å². The van der Waals surface area contributed by atoms with E-state index in [0.717, 1.165) is 28.6 Å². The molecule has 0 amide bonds. The van der Waals surface area contributed by atoms with Crippen molar-refractivity contribution in [3.8, 4) is 0 Å². The molecule has 21 heavy (non-hydrogen) atoms. The van der Waals surface area contributed by atoms with E-state index in [2.05, 4.69) is 28.2 Å². The maximum Gasteiger partial charge on any atom is 0.128 e. The van der Waals surface area contributed by atoms with E-state index in [4.69, 9.17) is 11.6 Å².